The van der Waals surface area contributed by atoms with Gasteiger partial charge in [-0.15, -0.1) is 0 Å². The van der Waals surface area contributed by atoms with Gasteiger partial charge in [-0.25, -0.2) is 14.8 Å². The third-order valence-corrected chi connectivity index (χ3v) is 11.9. The van der Waals surface area contributed by atoms with Crippen LogP contribution in [0.25, 0.3) is 0 Å². The minimum atomic E-state index is -0.337. The molecule has 1 saturated carbocycles. The number of fused-ring (bicyclic) bond motifs is 3. The molecule has 250 valence electrons. The summed E-state index contributed by atoms with van der Waals surface area (Å²) in [6.07, 6.45) is 11.3. The first-order valence-corrected chi connectivity index (χ1v) is 18.3. The van der Waals surface area contributed by atoms with Crippen molar-refractivity contribution < 1.29 is 23.7 Å². The standard InChI is InChI=1S/C37H44ClN3O5S/c1-24(21-47-36-39-14-4-15-40-36)46-29-12-16-44-34(19-29)30-9-6-27(30)20-41-22-37(13-3-5-25-17-28(38)8-10-31(25)37)23-45-33-11-7-26(18-32(33)41)35(42)43-2/h4,7-8,10-11,14-15,17-18,24,27,29-30,34H,3,5-6,9,12-13,16,19-23H2,1-2H3/t24?,27-,29-,30+,34-,37-/m0/s1. The van der Waals surface area contributed by atoms with E-state index in [-0.39, 0.29) is 29.7 Å². The summed E-state index contributed by atoms with van der Waals surface area (Å²) in [4.78, 5) is 23.8. The van der Waals surface area contributed by atoms with Gasteiger partial charge in [0.15, 0.2) is 5.16 Å². The molecule has 2 aliphatic heterocycles. The molecule has 47 heavy (non-hydrogen) atoms. The highest BCUT2D eigenvalue weighted by Gasteiger charge is 2.45. The topological polar surface area (TPSA) is 83.0 Å². The van der Waals surface area contributed by atoms with Crippen LogP contribution in [0.15, 0.2) is 60.0 Å². The van der Waals surface area contributed by atoms with Crippen molar-refractivity contribution >= 4 is 35.0 Å². The van der Waals surface area contributed by atoms with Crippen molar-refractivity contribution in [1.29, 1.82) is 0 Å². The summed E-state index contributed by atoms with van der Waals surface area (Å²) in [5, 5.41) is 1.57. The Bertz CT molecular complexity index is 1560. The van der Waals surface area contributed by atoms with E-state index in [1.807, 2.05) is 30.3 Å². The van der Waals surface area contributed by atoms with Gasteiger partial charge in [0.05, 0.1) is 43.3 Å². The molecule has 1 aromatic heterocycles. The van der Waals surface area contributed by atoms with Crippen LogP contribution in [0.2, 0.25) is 5.02 Å². The molecule has 4 aliphatic rings. The minimum absolute atomic E-state index is 0.104. The summed E-state index contributed by atoms with van der Waals surface area (Å²) in [5.74, 6) is 2.24. The Balaban J connectivity index is 1.08. The molecule has 2 aromatic carbocycles. The Morgan fingerprint density at radius 2 is 2.04 bits per heavy atom. The highest BCUT2D eigenvalue weighted by Crippen LogP contribution is 2.47. The largest absolute Gasteiger partial charge is 0.490 e. The highest BCUT2D eigenvalue weighted by molar-refractivity contribution is 7.99. The Hall–Kier alpha value is -2.85. The van der Waals surface area contributed by atoms with Gasteiger partial charge in [0.25, 0.3) is 0 Å². The molecule has 10 heteroatoms. The molecule has 1 spiro atoms. The van der Waals surface area contributed by atoms with E-state index in [4.69, 9.17) is 30.5 Å². The van der Waals surface area contributed by atoms with E-state index in [0.29, 0.717) is 24.0 Å². The fourth-order valence-electron chi connectivity index (χ4n) is 8.09. The zero-order chi connectivity index (χ0) is 32.4. The normalized spacial score (nSPS) is 27.5. The lowest BCUT2D eigenvalue weighted by Crippen LogP contribution is -2.51. The van der Waals surface area contributed by atoms with E-state index in [0.717, 1.165) is 92.0 Å². The number of esters is 1. The zero-order valence-electron chi connectivity index (χ0n) is 27.2. The number of hydrogen-bond donors (Lipinski definition) is 0. The second-order valence-corrected chi connectivity index (χ2v) is 15.0. The van der Waals surface area contributed by atoms with Crippen LogP contribution in [0.5, 0.6) is 5.75 Å². The summed E-state index contributed by atoms with van der Waals surface area (Å²) >= 11 is 8.09. The lowest BCUT2D eigenvalue weighted by Gasteiger charge is -2.48. The van der Waals surface area contributed by atoms with E-state index < -0.39 is 0 Å². The lowest BCUT2D eigenvalue weighted by molar-refractivity contribution is -0.126. The number of hydrogen-bond acceptors (Lipinski definition) is 9. The van der Waals surface area contributed by atoms with E-state index in [1.165, 1.54) is 18.2 Å². The second kappa shape index (κ2) is 14.3. The highest BCUT2D eigenvalue weighted by atomic mass is 35.5. The summed E-state index contributed by atoms with van der Waals surface area (Å²) in [6.45, 7) is 5.16. The van der Waals surface area contributed by atoms with Gasteiger partial charge in [-0.1, -0.05) is 29.4 Å². The number of aryl methyl sites for hydroxylation is 1. The molecule has 7 rings (SSSR count). The molecule has 1 saturated heterocycles. The maximum atomic E-state index is 12.6. The van der Waals surface area contributed by atoms with Crippen LogP contribution >= 0.6 is 23.4 Å². The number of carbonyl (C=O) groups is 1. The van der Waals surface area contributed by atoms with Gasteiger partial charge in [0, 0.05) is 54.7 Å². The van der Waals surface area contributed by atoms with Crippen LogP contribution in [0.1, 0.15) is 66.9 Å². The van der Waals surface area contributed by atoms with Crippen LogP contribution in [0, 0.1) is 11.8 Å². The Kier molecular flexibility index (Phi) is 9.96. The number of aromatic nitrogens is 2. The maximum Gasteiger partial charge on any atom is 0.337 e. The first-order valence-electron chi connectivity index (χ1n) is 17.0. The van der Waals surface area contributed by atoms with Crippen molar-refractivity contribution in [2.45, 2.75) is 80.8 Å². The molecule has 2 aliphatic carbocycles. The second-order valence-electron chi connectivity index (χ2n) is 13.6. The van der Waals surface area contributed by atoms with E-state index >= 15 is 0 Å². The summed E-state index contributed by atoms with van der Waals surface area (Å²) < 4.78 is 24.7. The van der Waals surface area contributed by atoms with Crippen molar-refractivity contribution in [3.8, 4) is 5.75 Å². The predicted octanol–water partition coefficient (Wildman–Crippen LogP) is 7.16. The fraction of sp³-hybridized carbons (Fsp3) is 0.541. The van der Waals surface area contributed by atoms with Crippen molar-refractivity contribution in [2.24, 2.45) is 11.8 Å². The third-order valence-electron chi connectivity index (χ3n) is 10.5. The predicted molar refractivity (Wildman–Crippen MR) is 184 cm³/mol. The van der Waals surface area contributed by atoms with Crippen LogP contribution in [-0.4, -0.2) is 73.4 Å². The van der Waals surface area contributed by atoms with Crippen molar-refractivity contribution in [3.05, 3.63) is 76.6 Å². The number of rotatable bonds is 9. The van der Waals surface area contributed by atoms with Gasteiger partial charge in [-0.2, -0.15) is 0 Å². The number of thioether (sulfide) groups is 1. The smallest absolute Gasteiger partial charge is 0.337 e. The van der Waals surface area contributed by atoms with E-state index in [9.17, 15) is 4.79 Å². The first kappa shape index (κ1) is 32.7. The molecule has 8 nitrogen and oxygen atoms in total. The SMILES string of the molecule is COC(=O)c1ccc2c(c1)N(C[C@@H]1CC[C@H]1[C@@H]1C[C@@H](OC(C)CSc3ncccn3)CCO1)C[C@@]1(CCCc3cc(Cl)ccc31)CO2. The maximum absolute atomic E-state index is 12.6. The zero-order valence-corrected chi connectivity index (χ0v) is 28.8. The van der Waals surface area contributed by atoms with Gasteiger partial charge in [0.1, 0.15) is 5.75 Å². The van der Waals surface area contributed by atoms with Crippen molar-refractivity contribution in [1.82, 2.24) is 9.97 Å². The van der Waals surface area contributed by atoms with Crippen LogP contribution < -0.4 is 9.64 Å². The number of nitrogens with zero attached hydrogens (tertiary/aromatic N) is 3. The quantitative estimate of drug-likeness (QED) is 0.133. The molecular formula is C37H44ClN3O5S. The number of halogens is 1. The minimum Gasteiger partial charge on any atom is -0.490 e. The number of anilines is 1. The Morgan fingerprint density at radius 1 is 1.17 bits per heavy atom. The Labute approximate surface area is 286 Å². The monoisotopic (exact) mass is 677 g/mol. The number of ether oxygens (including phenoxy) is 4. The summed E-state index contributed by atoms with van der Waals surface area (Å²) in [7, 11) is 1.43. The summed E-state index contributed by atoms with van der Waals surface area (Å²) in [5.41, 5.74) is 4.00. The van der Waals surface area contributed by atoms with Crippen molar-refractivity contribution in [3.63, 3.8) is 0 Å². The first-order chi connectivity index (χ1) is 22.9. The van der Waals surface area contributed by atoms with Crippen LogP contribution in [0.3, 0.4) is 0 Å². The number of carbonyl (C=O) groups excluding carboxylic acids is 1. The average Bonchev–Trinajstić information content (AvgIpc) is 3.22. The lowest BCUT2D eigenvalue weighted by atomic mass is 9.67. The molecule has 0 bridgehead atoms. The molecule has 0 amide bonds. The number of benzene rings is 2. The van der Waals surface area contributed by atoms with Gasteiger partial charge in [-0.3, -0.25) is 0 Å². The summed E-state index contributed by atoms with van der Waals surface area (Å²) in [6, 6.07) is 13.9. The molecule has 3 aromatic rings. The molecule has 3 heterocycles. The van der Waals surface area contributed by atoms with Gasteiger partial charge in [-0.05, 0) is 105 Å². The molecule has 0 N–H and O–H groups in total. The molecular weight excluding hydrogens is 634 g/mol. The van der Waals surface area contributed by atoms with Gasteiger partial charge >= 0.3 is 5.97 Å². The fourth-order valence-corrected chi connectivity index (χ4v) is 9.02. The van der Waals surface area contributed by atoms with E-state index in [2.05, 4.69) is 33.9 Å². The van der Waals surface area contributed by atoms with Gasteiger partial charge in [0.2, 0.25) is 0 Å². The Morgan fingerprint density at radius 3 is 2.85 bits per heavy atom. The third kappa shape index (κ3) is 7.14. The van der Waals surface area contributed by atoms with Gasteiger partial charge < -0.3 is 23.8 Å². The molecule has 6 atom stereocenters. The molecule has 1 unspecified atom stereocenters. The van der Waals surface area contributed by atoms with Crippen LogP contribution in [-0.2, 0) is 26.0 Å². The van der Waals surface area contributed by atoms with Crippen molar-refractivity contribution in [2.75, 3.05) is 44.1 Å². The average molecular weight is 678 g/mol. The number of methoxy groups -OCH3 is 1. The van der Waals surface area contributed by atoms with Crippen LogP contribution in [0.4, 0.5) is 5.69 Å². The molecule has 2 fully saturated rings. The van der Waals surface area contributed by atoms with E-state index in [1.54, 1.807) is 24.2 Å². The molecule has 0 radical (unpaired) electrons.